The third kappa shape index (κ3) is 5.47. The van der Waals surface area contributed by atoms with Gasteiger partial charge in [-0.05, 0) is 49.1 Å². The quantitative estimate of drug-likeness (QED) is 0.684. The number of halogens is 1. The first-order chi connectivity index (χ1) is 13.5. The normalized spacial score (nSPS) is 17.0. The SMILES string of the molecule is CC(NC(=O)NCc1cccc(NC(=O)C2CCCO2)c1)c1ccccc1Cl. The van der Waals surface area contributed by atoms with Crippen LogP contribution in [-0.4, -0.2) is 24.6 Å². The molecule has 2 atom stereocenters. The molecule has 6 nitrogen and oxygen atoms in total. The third-order valence-electron chi connectivity index (χ3n) is 4.59. The number of anilines is 1. The van der Waals surface area contributed by atoms with E-state index in [9.17, 15) is 9.59 Å². The van der Waals surface area contributed by atoms with Gasteiger partial charge in [0.1, 0.15) is 6.10 Å². The Morgan fingerprint density at radius 3 is 2.79 bits per heavy atom. The lowest BCUT2D eigenvalue weighted by molar-refractivity contribution is -0.124. The Balaban J connectivity index is 1.50. The second kappa shape index (κ2) is 9.57. The maximum Gasteiger partial charge on any atom is 0.315 e. The minimum absolute atomic E-state index is 0.131. The number of carbonyl (C=O) groups excluding carboxylic acids is 2. The van der Waals surface area contributed by atoms with Crippen molar-refractivity contribution in [3.63, 3.8) is 0 Å². The third-order valence-corrected chi connectivity index (χ3v) is 4.93. The Bertz CT molecular complexity index is 837. The summed E-state index contributed by atoms with van der Waals surface area (Å²) in [5.41, 5.74) is 2.42. The van der Waals surface area contributed by atoms with E-state index in [-0.39, 0.29) is 24.1 Å². The molecule has 0 spiro atoms. The zero-order chi connectivity index (χ0) is 19.9. The van der Waals surface area contributed by atoms with E-state index in [2.05, 4.69) is 16.0 Å². The van der Waals surface area contributed by atoms with Crippen molar-refractivity contribution in [3.05, 3.63) is 64.7 Å². The Morgan fingerprint density at radius 2 is 2.04 bits per heavy atom. The smallest absolute Gasteiger partial charge is 0.315 e. The Morgan fingerprint density at radius 1 is 1.21 bits per heavy atom. The standard InChI is InChI=1S/C21H24ClN3O3/c1-14(17-8-2-3-9-18(17)22)24-21(27)23-13-15-6-4-7-16(12-15)25-20(26)19-10-5-11-28-19/h2-4,6-9,12,14,19H,5,10-11,13H2,1H3,(H,25,26)(H2,23,24,27). The number of hydrogen-bond donors (Lipinski definition) is 3. The average Bonchev–Trinajstić information content (AvgIpc) is 3.22. The highest BCUT2D eigenvalue weighted by atomic mass is 35.5. The molecule has 3 amide bonds. The highest BCUT2D eigenvalue weighted by Gasteiger charge is 2.23. The monoisotopic (exact) mass is 401 g/mol. The first kappa shape index (κ1) is 20.2. The van der Waals surface area contributed by atoms with Gasteiger partial charge >= 0.3 is 6.03 Å². The number of nitrogens with one attached hydrogen (secondary N) is 3. The summed E-state index contributed by atoms with van der Waals surface area (Å²) < 4.78 is 5.39. The summed E-state index contributed by atoms with van der Waals surface area (Å²) in [6.07, 6.45) is 1.28. The van der Waals surface area contributed by atoms with Gasteiger partial charge in [0.05, 0.1) is 6.04 Å². The largest absolute Gasteiger partial charge is 0.368 e. The summed E-state index contributed by atoms with van der Waals surface area (Å²) in [4.78, 5) is 24.3. The molecule has 0 saturated carbocycles. The molecule has 0 aromatic heterocycles. The van der Waals surface area contributed by atoms with E-state index < -0.39 is 0 Å². The molecular weight excluding hydrogens is 378 g/mol. The molecule has 148 valence electrons. The van der Waals surface area contributed by atoms with E-state index in [0.717, 1.165) is 24.0 Å². The number of ether oxygens (including phenoxy) is 1. The lowest BCUT2D eigenvalue weighted by Gasteiger charge is -2.16. The maximum atomic E-state index is 12.2. The van der Waals surface area contributed by atoms with E-state index in [1.165, 1.54) is 0 Å². The molecule has 2 aromatic carbocycles. The van der Waals surface area contributed by atoms with Gasteiger partial charge in [0.15, 0.2) is 0 Å². The summed E-state index contributed by atoms with van der Waals surface area (Å²) in [7, 11) is 0. The molecule has 2 aromatic rings. The summed E-state index contributed by atoms with van der Waals surface area (Å²) in [5, 5.41) is 9.18. The molecule has 2 unspecified atom stereocenters. The van der Waals surface area contributed by atoms with Crippen LogP contribution >= 0.6 is 11.6 Å². The zero-order valence-corrected chi connectivity index (χ0v) is 16.5. The fraction of sp³-hybridized carbons (Fsp3) is 0.333. The second-order valence-electron chi connectivity index (χ2n) is 6.76. The van der Waals surface area contributed by atoms with E-state index in [4.69, 9.17) is 16.3 Å². The molecule has 1 saturated heterocycles. The summed E-state index contributed by atoms with van der Waals surface area (Å²) >= 11 is 6.17. The number of hydrogen-bond acceptors (Lipinski definition) is 3. The maximum absolute atomic E-state index is 12.2. The average molecular weight is 402 g/mol. The van der Waals surface area contributed by atoms with Gasteiger partial charge in [-0.1, -0.05) is 41.9 Å². The number of carbonyl (C=O) groups is 2. The predicted octanol–water partition coefficient (Wildman–Crippen LogP) is 4.02. The first-order valence-corrected chi connectivity index (χ1v) is 9.71. The number of amides is 3. The summed E-state index contributed by atoms with van der Waals surface area (Å²) in [6.45, 7) is 2.84. The molecule has 1 aliphatic heterocycles. The molecule has 3 N–H and O–H groups in total. The van der Waals surface area contributed by atoms with Crippen molar-refractivity contribution < 1.29 is 14.3 Å². The van der Waals surface area contributed by atoms with Crippen LogP contribution in [0.1, 0.15) is 36.9 Å². The minimum Gasteiger partial charge on any atom is -0.368 e. The number of rotatable bonds is 6. The van der Waals surface area contributed by atoms with Gasteiger partial charge in [0.25, 0.3) is 5.91 Å². The van der Waals surface area contributed by atoms with Crippen LogP contribution in [0.15, 0.2) is 48.5 Å². The van der Waals surface area contributed by atoms with Crippen molar-refractivity contribution in [1.29, 1.82) is 0 Å². The van der Waals surface area contributed by atoms with Crippen LogP contribution < -0.4 is 16.0 Å². The van der Waals surface area contributed by atoms with Gasteiger partial charge in [0.2, 0.25) is 0 Å². The zero-order valence-electron chi connectivity index (χ0n) is 15.7. The fourth-order valence-corrected chi connectivity index (χ4v) is 3.40. The summed E-state index contributed by atoms with van der Waals surface area (Å²) in [6, 6.07) is 14.3. The van der Waals surface area contributed by atoms with E-state index in [0.29, 0.717) is 23.9 Å². The molecule has 28 heavy (non-hydrogen) atoms. The molecule has 7 heteroatoms. The molecule has 3 rings (SSSR count). The van der Waals surface area contributed by atoms with Crippen LogP contribution in [-0.2, 0) is 16.1 Å². The van der Waals surface area contributed by atoms with Gasteiger partial charge in [-0.2, -0.15) is 0 Å². The topological polar surface area (TPSA) is 79.5 Å². The molecular formula is C21H24ClN3O3. The van der Waals surface area contributed by atoms with E-state index in [1.807, 2.05) is 49.4 Å². The number of urea groups is 1. The highest BCUT2D eigenvalue weighted by molar-refractivity contribution is 6.31. The van der Waals surface area contributed by atoms with Gasteiger partial charge in [-0.15, -0.1) is 0 Å². The van der Waals surface area contributed by atoms with Crippen molar-refractivity contribution in [2.75, 3.05) is 11.9 Å². The van der Waals surface area contributed by atoms with Crippen molar-refractivity contribution in [3.8, 4) is 0 Å². The Labute approximate surface area is 169 Å². The van der Waals surface area contributed by atoms with Crippen LogP contribution in [0, 0.1) is 0 Å². The number of benzene rings is 2. The van der Waals surface area contributed by atoms with Crippen molar-refractivity contribution in [1.82, 2.24) is 10.6 Å². The first-order valence-electron chi connectivity index (χ1n) is 9.33. The molecule has 0 radical (unpaired) electrons. The van der Waals surface area contributed by atoms with Crippen LogP contribution in [0.4, 0.5) is 10.5 Å². The van der Waals surface area contributed by atoms with Crippen LogP contribution in [0.5, 0.6) is 0 Å². The van der Waals surface area contributed by atoms with Crippen molar-refractivity contribution in [2.24, 2.45) is 0 Å². The fourth-order valence-electron chi connectivity index (χ4n) is 3.10. The van der Waals surface area contributed by atoms with Crippen LogP contribution in [0.2, 0.25) is 5.02 Å². The highest BCUT2D eigenvalue weighted by Crippen LogP contribution is 2.22. The van der Waals surface area contributed by atoms with Crippen molar-refractivity contribution >= 4 is 29.2 Å². The molecule has 1 fully saturated rings. The second-order valence-corrected chi connectivity index (χ2v) is 7.17. The van der Waals surface area contributed by atoms with Gasteiger partial charge < -0.3 is 20.7 Å². The van der Waals surface area contributed by atoms with Gasteiger partial charge in [0, 0.05) is 23.9 Å². The van der Waals surface area contributed by atoms with E-state index in [1.54, 1.807) is 6.07 Å². The molecule has 0 aliphatic carbocycles. The predicted molar refractivity (Wildman–Crippen MR) is 109 cm³/mol. The Kier molecular flexibility index (Phi) is 6.90. The van der Waals surface area contributed by atoms with Gasteiger partial charge in [-0.25, -0.2) is 4.79 Å². The summed E-state index contributed by atoms with van der Waals surface area (Å²) in [5.74, 6) is -0.131. The van der Waals surface area contributed by atoms with Crippen LogP contribution in [0.25, 0.3) is 0 Å². The van der Waals surface area contributed by atoms with Crippen LogP contribution in [0.3, 0.4) is 0 Å². The molecule has 0 bridgehead atoms. The lowest BCUT2D eigenvalue weighted by atomic mass is 10.1. The minimum atomic E-state index is -0.376. The van der Waals surface area contributed by atoms with Crippen molar-refractivity contribution in [2.45, 2.75) is 38.5 Å². The molecule has 1 aliphatic rings. The van der Waals surface area contributed by atoms with E-state index >= 15 is 0 Å². The Hall–Kier alpha value is -2.57. The molecule has 1 heterocycles. The van der Waals surface area contributed by atoms with Gasteiger partial charge in [-0.3, -0.25) is 4.79 Å². The lowest BCUT2D eigenvalue weighted by Crippen LogP contribution is -2.36.